The van der Waals surface area contributed by atoms with Crippen LogP contribution in [0.5, 0.6) is 11.5 Å². The predicted molar refractivity (Wildman–Crippen MR) is 84.1 cm³/mol. The number of ketones is 1. The molecule has 2 aromatic carbocycles. The summed E-state index contributed by atoms with van der Waals surface area (Å²) < 4.78 is 10.6. The number of allylic oxidation sites excluding steroid dienone is 1. The first-order valence-corrected chi connectivity index (χ1v) is 7.12. The monoisotopic (exact) mass is 295 g/mol. The second kappa shape index (κ2) is 6.35. The maximum atomic E-state index is 12.0. The third-order valence-electron chi connectivity index (χ3n) is 3.43. The van der Waals surface area contributed by atoms with Gasteiger partial charge >= 0.3 is 0 Å². The Morgan fingerprint density at radius 3 is 2.73 bits per heavy atom. The Morgan fingerprint density at radius 2 is 1.91 bits per heavy atom. The first-order chi connectivity index (χ1) is 10.7. The van der Waals surface area contributed by atoms with E-state index in [-0.39, 0.29) is 12.6 Å². The molecule has 4 nitrogen and oxygen atoms in total. The molecule has 1 aliphatic rings. The molecular weight excluding hydrogens is 278 g/mol. The Morgan fingerprint density at radius 1 is 1.14 bits per heavy atom. The second-order valence-electron chi connectivity index (χ2n) is 5.13. The highest BCUT2D eigenvalue weighted by Crippen LogP contribution is 2.32. The quantitative estimate of drug-likeness (QED) is 0.679. The van der Waals surface area contributed by atoms with E-state index in [2.05, 4.69) is 5.32 Å². The van der Waals surface area contributed by atoms with Crippen LogP contribution in [0.25, 0.3) is 0 Å². The molecule has 1 N–H and O–H groups in total. The summed E-state index contributed by atoms with van der Waals surface area (Å²) in [4.78, 5) is 12.0. The highest BCUT2D eigenvalue weighted by Gasteiger charge is 2.12. The molecular formula is C18H17NO3. The molecule has 0 saturated heterocycles. The third kappa shape index (κ3) is 3.28. The summed E-state index contributed by atoms with van der Waals surface area (Å²) in [5, 5.41) is 3.11. The van der Waals surface area contributed by atoms with Crippen molar-refractivity contribution >= 4 is 5.78 Å². The van der Waals surface area contributed by atoms with Crippen LogP contribution in [-0.4, -0.2) is 12.6 Å². The zero-order valence-electron chi connectivity index (χ0n) is 12.3. The number of hydrogen-bond acceptors (Lipinski definition) is 4. The smallest absolute Gasteiger partial charge is 0.231 e. The summed E-state index contributed by atoms with van der Waals surface area (Å²) in [7, 11) is 0. The molecule has 4 heteroatoms. The van der Waals surface area contributed by atoms with Gasteiger partial charge in [0.2, 0.25) is 6.79 Å². The minimum atomic E-state index is -0.0156. The number of aryl methyl sites for hydroxylation is 1. The molecule has 2 aromatic rings. The zero-order valence-corrected chi connectivity index (χ0v) is 12.3. The van der Waals surface area contributed by atoms with Gasteiger partial charge in [-0.05, 0) is 24.6 Å². The van der Waals surface area contributed by atoms with E-state index in [1.807, 2.05) is 49.4 Å². The molecule has 0 spiro atoms. The molecule has 0 unspecified atom stereocenters. The van der Waals surface area contributed by atoms with E-state index >= 15 is 0 Å². The molecule has 22 heavy (non-hydrogen) atoms. The average molecular weight is 295 g/mol. The van der Waals surface area contributed by atoms with Gasteiger partial charge in [0, 0.05) is 24.4 Å². The van der Waals surface area contributed by atoms with E-state index in [4.69, 9.17) is 9.47 Å². The van der Waals surface area contributed by atoms with Crippen LogP contribution < -0.4 is 14.8 Å². The third-order valence-corrected chi connectivity index (χ3v) is 3.43. The maximum Gasteiger partial charge on any atom is 0.231 e. The SMILES string of the molecule is Cc1ccc(C(=O)/C=C/NCc2ccc3c(c2)OCO3)cc1. The molecule has 0 saturated carbocycles. The molecule has 0 atom stereocenters. The Labute approximate surface area is 129 Å². The van der Waals surface area contributed by atoms with Gasteiger partial charge in [-0.15, -0.1) is 0 Å². The Hall–Kier alpha value is -2.75. The second-order valence-corrected chi connectivity index (χ2v) is 5.13. The molecule has 1 aliphatic heterocycles. The largest absolute Gasteiger partial charge is 0.454 e. The van der Waals surface area contributed by atoms with Gasteiger partial charge in [0.15, 0.2) is 17.3 Å². The van der Waals surface area contributed by atoms with Crippen molar-refractivity contribution in [2.75, 3.05) is 6.79 Å². The summed E-state index contributed by atoms with van der Waals surface area (Å²) in [5.74, 6) is 1.52. The van der Waals surface area contributed by atoms with Crippen LogP contribution in [0.3, 0.4) is 0 Å². The normalized spacial score (nSPS) is 12.6. The fraction of sp³-hybridized carbons (Fsp3) is 0.167. The number of ether oxygens (including phenoxy) is 2. The van der Waals surface area contributed by atoms with Crippen LogP contribution in [0, 0.1) is 6.92 Å². The van der Waals surface area contributed by atoms with Gasteiger partial charge in [0.05, 0.1) is 0 Å². The van der Waals surface area contributed by atoms with Gasteiger partial charge in [-0.2, -0.15) is 0 Å². The molecule has 0 aromatic heterocycles. The van der Waals surface area contributed by atoms with E-state index in [1.54, 1.807) is 6.20 Å². The predicted octanol–water partition coefficient (Wildman–Crippen LogP) is 3.21. The standard InChI is InChI=1S/C18H17NO3/c1-13-2-5-15(6-3-13)16(20)8-9-19-11-14-4-7-17-18(10-14)22-12-21-17/h2-10,19H,11-12H2,1H3/b9-8+. The minimum absolute atomic E-state index is 0.0156. The summed E-state index contributed by atoms with van der Waals surface area (Å²) in [5.41, 5.74) is 2.89. The van der Waals surface area contributed by atoms with Gasteiger partial charge in [-0.25, -0.2) is 0 Å². The zero-order chi connectivity index (χ0) is 15.4. The van der Waals surface area contributed by atoms with Gasteiger partial charge in [-0.1, -0.05) is 35.9 Å². The van der Waals surface area contributed by atoms with E-state index < -0.39 is 0 Å². The molecule has 0 radical (unpaired) electrons. The lowest BCUT2D eigenvalue weighted by Gasteiger charge is -2.03. The number of rotatable bonds is 5. The van der Waals surface area contributed by atoms with Crippen LogP contribution in [-0.2, 0) is 6.54 Å². The van der Waals surface area contributed by atoms with E-state index in [9.17, 15) is 4.79 Å². The molecule has 112 valence electrons. The minimum Gasteiger partial charge on any atom is -0.454 e. The number of fused-ring (bicyclic) bond motifs is 1. The first-order valence-electron chi connectivity index (χ1n) is 7.12. The molecule has 0 amide bonds. The van der Waals surface area contributed by atoms with E-state index in [0.717, 1.165) is 22.6 Å². The van der Waals surface area contributed by atoms with E-state index in [1.165, 1.54) is 6.08 Å². The van der Waals surface area contributed by atoms with Crippen LogP contribution >= 0.6 is 0 Å². The lowest BCUT2D eigenvalue weighted by atomic mass is 10.1. The number of nitrogens with one attached hydrogen (secondary N) is 1. The maximum absolute atomic E-state index is 12.0. The summed E-state index contributed by atoms with van der Waals surface area (Å²) in [6.45, 7) is 2.89. The van der Waals surface area contributed by atoms with Crippen LogP contribution in [0.1, 0.15) is 21.5 Å². The number of hydrogen-bond donors (Lipinski definition) is 1. The summed E-state index contributed by atoms with van der Waals surface area (Å²) in [6, 6.07) is 13.3. The van der Waals surface area contributed by atoms with Crippen molar-refractivity contribution in [2.45, 2.75) is 13.5 Å². The van der Waals surface area contributed by atoms with Gasteiger partial charge in [0.1, 0.15) is 0 Å². The average Bonchev–Trinajstić information content (AvgIpc) is 2.99. The van der Waals surface area contributed by atoms with Gasteiger partial charge < -0.3 is 14.8 Å². The molecule has 3 rings (SSSR count). The highest BCUT2D eigenvalue weighted by atomic mass is 16.7. The fourth-order valence-corrected chi connectivity index (χ4v) is 2.18. The summed E-state index contributed by atoms with van der Waals surface area (Å²) in [6.07, 6.45) is 3.21. The Kier molecular flexibility index (Phi) is 4.10. The van der Waals surface area contributed by atoms with Gasteiger partial charge in [0.25, 0.3) is 0 Å². The number of carbonyl (C=O) groups is 1. The first kappa shape index (κ1) is 14.2. The Balaban J connectivity index is 1.54. The van der Waals surface area contributed by atoms with Crippen molar-refractivity contribution in [3.05, 3.63) is 71.4 Å². The van der Waals surface area contributed by atoms with E-state index in [0.29, 0.717) is 12.1 Å². The van der Waals surface area contributed by atoms with Crippen molar-refractivity contribution in [2.24, 2.45) is 0 Å². The van der Waals surface area contributed by atoms with Gasteiger partial charge in [-0.3, -0.25) is 4.79 Å². The van der Waals surface area contributed by atoms with Crippen molar-refractivity contribution in [3.63, 3.8) is 0 Å². The molecule has 1 heterocycles. The van der Waals surface area contributed by atoms with Crippen molar-refractivity contribution in [1.29, 1.82) is 0 Å². The summed E-state index contributed by atoms with van der Waals surface area (Å²) >= 11 is 0. The molecule has 0 bridgehead atoms. The lowest BCUT2D eigenvalue weighted by Crippen LogP contribution is -2.06. The number of carbonyl (C=O) groups excluding carboxylic acids is 1. The van der Waals surface area contributed by atoms with Crippen LogP contribution in [0.2, 0.25) is 0 Å². The van der Waals surface area contributed by atoms with Crippen LogP contribution in [0.4, 0.5) is 0 Å². The van der Waals surface area contributed by atoms with Crippen molar-refractivity contribution in [1.82, 2.24) is 5.32 Å². The lowest BCUT2D eigenvalue weighted by molar-refractivity contribution is 0.104. The van der Waals surface area contributed by atoms with Crippen molar-refractivity contribution in [3.8, 4) is 11.5 Å². The fourth-order valence-electron chi connectivity index (χ4n) is 2.18. The highest BCUT2D eigenvalue weighted by molar-refractivity contribution is 6.04. The molecule has 0 fully saturated rings. The van der Waals surface area contributed by atoms with Crippen LogP contribution in [0.15, 0.2) is 54.7 Å². The van der Waals surface area contributed by atoms with Crippen molar-refractivity contribution < 1.29 is 14.3 Å². The Bertz CT molecular complexity index is 705. The number of benzene rings is 2. The molecule has 0 aliphatic carbocycles. The topological polar surface area (TPSA) is 47.6 Å².